The minimum atomic E-state index is 0.638. The van der Waals surface area contributed by atoms with Crippen LogP contribution in [0, 0.1) is 0 Å². The summed E-state index contributed by atoms with van der Waals surface area (Å²) in [4.78, 5) is 8.68. The number of methoxy groups -OCH3 is 1. The van der Waals surface area contributed by atoms with Crippen molar-refractivity contribution in [1.29, 1.82) is 0 Å². The highest BCUT2D eigenvalue weighted by atomic mass is 32.1. The molecule has 2 aromatic heterocycles. The van der Waals surface area contributed by atoms with Crippen LogP contribution in [0.4, 0.5) is 0 Å². The minimum absolute atomic E-state index is 0.638. The third kappa shape index (κ3) is 1.87. The Kier molecular flexibility index (Phi) is 2.49. The average Bonchev–Trinajstić information content (AvgIpc) is 2.91. The van der Waals surface area contributed by atoms with E-state index >= 15 is 0 Å². The SMILES string of the molecule is COc1ccc2cc(-c3nccs3)ccc2n1. The lowest BCUT2D eigenvalue weighted by Crippen LogP contribution is -1.87. The molecule has 0 radical (unpaired) electrons. The largest absolute Gasteiger partial charge is 0.481 e. The van der Waals surface area contributed by atoms with Crippen molar-refractivity contribution in [2.75, 3.05) is 7.11 Å². The summed E-state index contributed by atoms with van der Waals surface area (Å²) < 4.78 is 5.10. The van der Waals surface area contributed by atoms with Crippen LogP contribution < -0.4 is 4.74 Å². The highest BCUT2D eigenvalue weighted by molar-refractivity contribution is 7.13. The van der Waals surface area contributed by atoms with Crippen molar-refractivity contribution in [3.63, 3.8) is 0 Å². The average molecular weight is 242 g/mol. The van der Waals surface area contributed by atoms with Crippen LogP contribution in [0.25, 0.3) is 21.5 Å². The molecule has 0 unspecified atom stereocenters. The topological polar surface area (TPSA) is 35.0 Å². The smallest absolute Gasteiger partial charge is 0.213 e. The fourth-order valence-corrected chi connectivity index (χ4v) is 2.35. The van der Waals surface area contributed by atoms with E-state index in [4.69, 9.17) is 4.74 Å². The molecule has 0 fully saturated rings. The number of pyridine rings is 1. The number of thiazole rings is 1. The standard InChI is InChI=1S/C13H10N2OS/c1-16-12-5-3-9-8-10(2-4-11(9)15-12)13-14-6-7-17-13/h2-8H,1H3. The van der Waals surface area contributed by atoms with Crippen LogP contribution in [0.1, 0.15) is 0 Å². The van der Waals surface area contributed by atoms with Gasteiger partial charge in [-0.3, -0.25) is 0 Å². The predicted molar refractivity (Wildman–Crippen MR) is 69.4 cm³/mol. The molecule has 0 N–H and O–H groups in total. The molecule has 3 nitrogen and oxygen atoms in total. The van der Waals surface area contributed by atoms with E-state index in [0.29, 0.717) is 5.88 Å². The van der Waals surface area contributed by atoms with E-state index in [0.717, 1.165) is 21.5 Å². The lowest BCUT2D eigenvalue weighted by atomic mass is 10.1. The molecule has 17 heavy (non-hydrogen) atoms. The van der Waals surface area contributed by atoms with Crippen LogP contribution in [0.15, 0.2) is 41.9 Å². The van der Waals surface area contributed by atoms with Gasteiger partial charge in [-0.25, -0.2) is 9.97 Å². The maximum Gasteiger partial charge on any atom is 0.213 e. The Bertz CT molecular complexity index is 650. The second-order valence-electron chi connectivity index (χ2n) is 3.60. The third-order valence-corrected chi connectivity index (χ3v) is 3.37. The summed E-state index contributed by atoms with van der Waals surface area (Å²) in [5.74, 6) is 0.638. The Morgan fingerprint density at radius 3 is 2.88 bits per heavy atom. The number of fused-ring (bicyclic) bond motifs is 1. The Hall–Kier alpha value is -1.94. The highest BCUT2D eigenvalue weighted by Crippen LogP contribution is 2.26. The van der Waals surface area contributed by atoms with E-state index in [-0.39, 0.29) is 0 Å². The molecular formula is C13H10N2OS. The van der Waals surface area contributed by atoms with Crippen LogP contribution in [0.5, 0.6) is 5.88 Å². The van der Waals surface area contributed by atoms with Crippen molar-refractivity contribution in [2.45, 2.75) is 0 Å². The Labute approximate surface area is 103 Å². The first-order chi connectivity index (χ1) is 8.36. The van der Waals surface area contributed by atoms with Gasteiger partial charge in [-0.05, 0) is 24.3 Å². The molecule has 4 heteroatoms. The third-order valence-electron chi connectivity index (χ3n) is 2.55. The van der Waals surface area contributed by atoms with Gasteiger partial charge in [0.2, 0.25) is 5.88 Å². The molecule has 2 heterocycles. The summed E-state index contributed by atoms with van der Waals surface area (Å²) >= 11 is 1.64. The Morgan fingerprint density at radius 2 is 2.12 bits per heavy atom. The van der Waals surface area contributed by atoms with Crippen molar-refractivity contribution in [3.05, 3.63) is 41.9 Å². The molecule has 0 saturated heterocycles. The number of hydrogen-bond donors (Lipinski definition) is 0. The first kappa shape index (κ1) is 10.2. The number of nitrogens with zero attached hydrogens (tertiary/aromatic N) is 2. The Morgan fingerprint density at radius 1 is 1.18 bits per heavy atom. The van der Waals surface area contributed by atoms with Crippen LogP contribution in [-0.2, 0) is 0 Å². The minimum Gasteiger partial charge on any atom is -0.481 e. The van der Waals surface area contributed by atoms with Gasteiger partial charge in [0.25, 0.3) is 0 Å². The normalized spacial score (nSPS) is 10.6. The summed E-state index contributed by atoms with van der Waals surface area (Å²) in [6, 6.07) is 10.0. The number of ether oxygens (including phenoxy) is 1. The lowest BCUT2D eigenvalue weighted by Gasteiger charge is -2.03. The van der Waals surface area contributed by atoms with Gasteiger partial charge in [-0.15, -0.1) is 11.3 Å². The zero-order valence-electron chi connectivity index (χ0n) is 9.25. The highest BCUT2D eigenvalue weighted by Gasteiger charge is 2.03. The monoisotopic (exact) mass is 242 g/mol. The molecular weight excluding hydrogens is 232 g/mol. The van der Waals surface area contributed by atoms with Crippen LogP contribution >= 0.6 is 11.3 Å². The number of aromatic nitrogens is 2. The van der Waals surface area contributed by atoms with Crippen molar-refractivity contribution in [3.8, 4) is 16.5 Å². The molecule has 0 aliphatic carbocycles. The van der Waals surface area contributed by atoms with Gasteiger partial charge in [0, 0.05) is 28.6 Å². The molecule has 3 aromatic rings. The second-order valence-corrected chi connectivity index (χ2v) is 4.49. The molecule has 0 aliphatic heterocycles. The molecule has 0 aliphatic rings. The molecule has 0 saturated carbocycles. The Balaban J connectivity index is 2.14. The van der Waals surface area contributed by atoms with Gasteiger partial charge in [0.1, 0.15) is 5.01 Å². The maximum atomic E-state index is 5.10. The quantitative estimate of drug-likeness (QED) is 0.691. The van der Waals surface area contributed by atoms with Gasteiger partial charge < -0.3 is 4.74 Å². The van der Waals surface area contributed by atoms with E-state index < -0.39 is 0 Å². The van der Waals surface area contributed by atoms with Crippen molar-refractivity contribution >= 4 is 22.2 Å². The second kappa shape index (κ2) is 4.14. The molecule has 1 aromatic carbocycles. The fraction of sp³-hybridized carbons (Fsp3) is 0.0769. The van der Waals surface area contributed by atoms with Gasteiger partial charge in [-0.2, -0.15) is 0 Å². The van der Waals surface area contributed by atoms with E-state index in [9.17, 15) is 0 Å². The first-order valence-electron chi connectivity index (χ1n) is 5.21. The summed E-state index contributed by atoms with van der Waals surface area (Å²) in [6.07, 6.45) is 1.82. The fourth-order valence-electron chi connectivity index (χ4n) is 1.72. The zero-order chi connectivity index (χ0) is 11.7. The maximum absolute atomic E-state index is 5.10. The molecule has 0 spiro atoms. The zero-order valence-corrected chi connectivity index (χ0v) is 10.1. The summed E-state index contributed by atoms with van der Waals surface area (Å²) in [5, 5.41) is 4.10. The van der Waals surface area contributed by atoms with Gasteiger partial charge in [-0.1, -0.05) is 0 Å². The molecule has 0 bridgehead atoms. The molecule has 0 amide bonds. The van der Waals surface area contributed by atoms with Crippen molar-refractivity contribution in [1.82, 2.24) is 9.97 Å². The summed E-state index contributed by atoms with van der Waals surface area (Å²) in [6.45, 7) is 0. The van der Waals surface area contributed by atoms with Crippen LogP contribution in [0.2, 0.25) is 0 Å². The molecule has 3 rings (SSSR count). The van der Waals surface area contributed by atoms with Crippen molar-refractivity contribution < 1.29 is 4.74 Å². The summed E-state index contributed by atoms with van der Waals surface area (Å²) in [7, 11) is 1.62. The molecule has 84 valence electrons. The van der Waals surface area contributed by atoms with E-state index in [1.165, 1.54) is 0 Å². The number of benzene rings is 1. The lowest BCUT2D eigenvalue weighted by molar-refractivity contribution is 0.399. The van der Waals surface area contributed by atoms with Crippen LogP contribution in [-0.4, -0.2) is 17.1 Å². The first-order valence-corrected chi connectivity index (χ1v) is 6.09. The van der Waals surface area contributed by atoms with E-state index in [1.54, 1.807) is 18.4 Å². The van der Waals surface area contributed by atoms with Crippen molar-refractivity contribution in [2.24, 2.45) is 0 Å². The number of rotatable bonds is 2. The summed E-state index contributed by atoms with van der Waals surface area (Å²) in [5.41, 5.74) is 2.06. The van der Waals surface area contributed by atoms with Gasteiger partial charge in [0.15, 0.2) is 0 Å². The van der Waals surface area contributed by atoms with E-state index in [2.05, 4.69) is 16.0 Å². The number of hydrogen-bond acceptors (Lipinski definition) is 4. The molecule has 0 atom stereocenters. The predicted octanol–water partition coefficient (Wildman–Crippen LogP) is 3.37. The van der Waals surface area contributed by atoms with E-state index in [1.807, 2.05) is 35.8 Å². The van der Waals surface area contributed by atoms with Gasteiger partial charge in [0.05, 0.1) is 12.6 Å². The van der Waals surface area contributed by atoms with Gasteiger partial charge >= 0.3 is 0 Å². The van der Waals surface area contributed by atoms with Crippen LogP contribution in [0.3, 0.4) is 0 Å².